The molecule has 0 bridgehead atoms. The van der Waals surface area contributed by atoms with Crippen molar-refractivity contribution in [1.29, 1.82) is 0 Å². The predicted octanol–water partition coefficient (Wildman–Crippen LogP) is 4.54. The molecule has 0 unspecified atom stereocenters. The highest BCUT2D eigenvalue weighted by molar-refractivity contribution is 7.12. The van der Waals surface area contributed by atoms with Gasteiger partial charge in [0.25, 0.3) is 5.91 Å². The Labute approximate surface area is 193 Å². The number of ether oxygens (including phenoxy) is 1. The summed E-state index contributed by atoms with van der Waals surface area (Å²) >= 11 is 1.46. The van der Waals surface area contributed by atoms with Gasteiger partial charge in [-0.2, -0.15) is 0 Å². The maximum Gasteiger partial charge on any atom is 0.261 e. The van der Waals surface area contributed by atoms with Crippen LogP contribution in [0.5, 0.6) is 5.75 Å². The van der Waals surface area contributed by atoms with Gasteiger partial charge in [-0.05, 0) is 66.6 Å². The van der Waals surface area contributed by atoms with Gasteiger partial charge in [-0.3, -0.25) is 14.7 Å². The van der Waals surface area contributed by atoms with Crippen molar-refractivity contribution in [2.75, 3.05) is 19.7 Å². The molecule has 32 heavy (non-hydrogen) atoms. The molecule has 1 fully saturated rings. The average molecular weight is 446 g/mol. The first-order chi connectivity index (χ1) is 15.7. The molecule has 6 heteroatoms. The molecule has 1 aromatic carbocycles. The Morgan fingerprint density at radius 1 is 1.28 bits per heavy atom. The highest BCUT2D eigenvalue weighted by Crippen LogP contribution is 2.30. The second-order valence-corrected chi connectivity index (χ2v) is 8.91. The Hall–Kier alpha value is -3.14. The van der Waals surface area contributed by atoms with Crippen molar-refractivity contribution in [2.45, 2.75) is 25.4 Å². The number of piperidine rings is 1. The number of thiophene rings is 1. The van der Waals surface area contributed by atoms with Crippen molar-refractivity contribution in [2.24, 2.45) is 5.92 Å². The lowest BCUT2D eigenvalue weighted by Gasteiger charge is -2.37. The summed E-state index contributed by atoms with van der Waals surface area (Å²) in [5.41, 5.74) is 2.10. The minimum Gasteiger partial charge on any atom is -0.481 e. The molecule has 1 saturated heterocycles. The van der Waals surface area contributed by atoms with E-state index in [9.17, 15) is 4.79 Å². The minimum atomic E-state index is -0.126. The molecule has 164 valence electrons. The number of nitrogens with zero attached hydrogens (tertiary/aromatic N) is 2. The molecule has 0 saturated carbocycles. The molecule has 1 aliphatic heterocycles. The summed E-state index contributed by atoms with van der Waals surface area (Å²) in [6.45, 7) is 3.02. The number of rotatable bonds is 8. The van der Waals surface area contributed by atoms with Crippen LogP contribution >= 0.6 is 11.3 Å². The second kappa shape index (κ2) is 10.9. The molecule has 4 rings (SSSR count). The molecule has 1 amide bonds. The van der Waals surface area contributed by atoms with E-state index in [0.717, 1.165) is 48.8 Å². The Kier molecular flexibility index (Phi) is 7.55. The molecule has 2 aromatic heterocycles. The maximum atomic E-state index is 12.9. The quantitative estimate of drug-likeness (QED) is 0.517. The zero-order chi connectivity index (χ0) is 22.2. The van der Waals surface area contributed by atoms with Gasteiger partial charge < -0.3 is 10.1 Å². The van der Waals surface area contributed by atoms with Gasteiger partial charge in [0, 0.05) is 19.3 Å². The number of hydrogen-bond acceptors (Lipinski definition) is 5. The van der Waals surface area contributed by atoms with Gasteiger partial charge in [0.1, 0.15) is 12.4 Å². The topological polar surface area (TPSA) is 54.5 Å². The number of amides is 1. The van der Waals surface area contributed by atoms with Gasteiger partial charge in [0.05, 0.1) is 16.6 Å². The average Bonchev–Trinajstić information content (AvgIpc) is 3.37. The summed E-state index contributed by atoms with van der Waals surface area (Å²) in [5, 5.41) is 5.19. The molecule has 0 radical (unpaired) electrons. The van der Waals surface area contributed by atoms with E-state index in [1.165, 1.54) is 16.9 Å². The van der Waals surface area contributed by atoms with Crippen LogP contribution in [-0.2, 0) is 6.54 Å². The lowest BCUT2D eigenvalue weighted by atomic mass is 9.88. The summed E-state index contributed by atoms with van der Waals surface area (Å²) < 4.78 is 5.57. The van der Waals surface area contributed by atoms with Crippen LogP contribution < -0.4 is 10.1 Å². The smallest absolute Gasteiger partial charge is 0.261 e. The molecule has 0 spiro atoms. The van der Waals surface area contributed by atoms with Crippen molar-refractivity contribution < 1.29 is 9.53 Å². The molecular formula is C26H27N3O2S. The summed E-state index contributed by atoms with van der Waals surface area (Å²) in [6, 6.07) is 17.6. The summed E-state index contributed by atoms with van der Waals surface area (Å²) in [5.74, 6) is 3.54. The van der Waals surface area contributed by atoms with Crippen molar-refractivity contribution in [3.8, 4) is 18.1 Å². The monoisotopic (exact) mass is 445 g/mol. The number of benzene rings is 1. The molecule has 5 nitrogen and oxygen atoms in total. The summed E-state index contributed by atoms with van der Waals surface area (Å²) in [6.07, 6.45) is 9.23. The fraction of sp³-hybridized carbons (Fsp3) is 0.308. The number of likely N-dealkylation sites (tertiary alicyclic amines) is 1. The first-order valence-corrected chi connectivity index (χ1v) is 11.7. The number of carbonyl (C=O) groups excluding carboxylic acids is 1. The van der Waals surface area contributed by atoms with Crippen LogP contribution in [0.2, 0.25) is 0 Å². The summed E-state index contributed by atoms with van der Waals surface area (Å²) in [4.78, 5) is 20.6. The number of nitrogens with one attached hydrogen (secondary N) is 1. The number of pyridine rings is 1. The first-order valence-electron chi connectivity index (χ1n) is 10.9. The Bertz CT molecular complexity index is 1050. The van der Waals surface area contributed by atoms with Gasteiger partial charge >= 0.3 is 0 Å². The zero-order valence-electron chi connectivity index (χ0n) is 17.9. The Morgan fingerprint density at radius 3 is 3.00 bits per heavy atom. The number of hydrogen-bond donors (Lipinski definition) is 1. The maximum absolute atomic E-state index is 12.9. The van der Waals surface area contributed by atoms with Crippen molar-refractivity contribution in [1.82, 2.24) is 15.2 Å². The van der Waals surface area contributed by atoms with Gasteiger partial charge in [-0.25, -0.2) is 0 Å². The molecule has 2 atom stereocenters. The fourth-order valence-corrected chi connectivity index (χ4v) is 4.86. The third kappa shape index (κ3) is 5.76. The Morgan fingerprint density at radius 2 is 2.22 bits per heavy atom. The van der Waals surface area contributed by atoms with Crippen LogP contribution in [0.1, 0.15) is 39.8 Å². The standard InChI is InChI=1S/C26H27N3O2S/c1-2-15-31-22-10-5-8-20(17-22)18-29-14-6-9-21(19-29)25(23-11-3-4-13-27-23)28-26(30)24-12-7-16-32-24/h1,3-5,7-8,10-13,16-17,21,25H,6,9,14-15,18-19H2,(H,28,30)/t21-,25-/m1/s1. The van der Waals surface area contributed by atoms with Gasteiger partial charge in [-0.15, -0.1) is 17.8 Å². The fourth-order valence-electron chi connectivity index (χ4n) is 4.24. The molecule has 3 heterocycles. The van der Waals surface area contributed by atoms with Crippen LogP contribution in [-0.4, -0.2) is 35.5 Å². The highest BCUT2D eigenvalue weighted by Gasteiger charge is 2.31. The number of carbonyl (C=O) groups is 1. The van der Waals surface area contributed by atoms with Crippen LogP contribution in [0.25, 0.3) is 0 Å². The van der Waals surface area contributed by atoms with Crippen LogP contribution in [0.15, 0.2) is 66.2 Å². The molecular weight excluding hydrogens is 418 g/mol. The SMILES string of the molecule is C#CCOc1cccc(CN2CCC[C@@H]([C@@H](NC(=O)c3cccs3)c3ccccn3)C2)c1. The third-order valence-electron chi connectivity index (χ3n) is 5.68. The Balaban J connectivity index is 1.47. The third-order valence-corrected chi connectivity index (χ3v) is 6.55. The van der Waals surface area contributed by atoms with E-state index in [2.05, 4.69) is 33.3 Å². The molecule has 0 aliphatic carbocycles. The second-order valence-electron chi connectivity index (χ2n) is 7.96. The van der Waals surface area contributed by atoms with Gasteiger partial charge in [0.2, 0.25) is 0 Å². The van der Waals surface area contributed by atoms with E-state index in [1.807, 2.05) is 47.8 Å². The van der Waals surface area contributed by atoms with E-state index in [0.29, 0.717) is 0 Å². The minimum absolute atomic E-state index is 0.0360. The van der Waals surface area contributed by atoms with E-state index in [4.69, 9.17) is 11.2 Å². The van der Waals surface area contributed by atoms with Crippen LogP contribution in [0, 0.1) is 18.3 Å². The number of terminal acetylenes is 1. The van der Waals surface area contributed by atoms with Crippen molar-refractivity contribution in [3.05, 3.63) is 82.3 Å². The van der Waals surface area contributed by atoms with Crippen LogP contribution in [0.4, 0.5) is 0 Å². The highest BCUT2D eigenvalue weighted by atomic mass is 32.1. The largest absolute Gasteiger partial charge is 0.481 e. The van der Waals surface area contributed by atoms with Crippen molar-refractivity contribution in [3.63, 3.8) is 0 Å². The van der Waals surface area contributed by atoms with Gasteiger partial charge in [0.15, 0.2) is 0 Å². The number of aromatic nitrogens is 1. The lowest BCUT2D eigenvalue weighted by molar-refractivity contribution is 0.0879. The lowest BCUT2D eigenvalue weighted by Crippen LogP contribution is -2.42. The normalized spacial score (nSPS) is 17.3. The van der Waals surface area contributed by atoms with E-state index in [1.54, 1.807) is 6.20 Å². The van der Waals surface area contributed by atoms with Crippen LogP contribution in [0.3, 0.4) is 0 Å². The molecule has 1 aliphatic rings. The predicted molar refractivity (Wildman–Crippen MR) is 128 cm³/mol. The van der Waals surface area contributed by atoms with Crippen molar-refractivity contribution >= 4 is 17.2 Å². The van der Waals surface area contributed by atoms with E-state index in [-0.39, 0.29) is 24.5 Å². The summed E-state index contributed by atoms with van der Waals surface area (Å²) in [7, 11) is 0. The zero-order valence-corrected chi connectivity index (χ0v) is 18.8. The van der Waals surface area contributed by atoms with E-state index < -0.39 is 0 Å². The van der Waals surface area contributed by atoms with Gasteiger partial charge in [-0.1, -0.05) is 30.2 Å². The van der Waals surface area contributed by atoms with E-state index >= 15 is 0 Å². The first kappa shape index (κ1) is 22.1. The molecule has 3 aromatic rings. The molecule has 1 N–H and O–H groups in total.